The van der Waals surface area contributed by atoms with E-state index in [0.717, 1.165) is 63.6 Å². The third-order valence-electron chi connectivity index (χ3n) is 4.55. The van der Waals surface area contributed by atoms with Crippen molar-refractivity contribution in [3.8, 4) is 0 Å². The molecule has 3 atom stereocenters. The molecule has 0 unspecified atom stereocenters. The predicted molar refractivity (Wildman–Crippen MR) is 74.1 cm³/mol. The number of nitrogens with zero attached hydrogens (tertiary/aromatic N) is 3. The van der Waals surface area contributed by atoms with E-state index in [-0.39, 0.29) is 6.10 Å². The van der Waals surface area contributed by atoms with Crippen molar-refractivity contribution in [1.82, 2.24) is 20.1 Å². The highest BCUT2D eigenvalue weighted by molar-refractivity contribution is 4.94. The maximum absolute atomic E-state index is 10.1. The second kappa shape index (κ2) is 6.20. The number of aliphatic hydroxyl groups is 1. The van der Waals surface area contributed by atoms with E-state index in [9.17, 15) is 5.11 Å². The van der Waals surface area contributed by atoms with Gasteiger partial charge in [0.15, 0.2) is 0 Å². The Hall–Kier alpha value is -0.980. The summed E-state index contributed by atoms with van der Waals surface area (Å²) in [6.07, 6.45) is 3.83. The van der Waals surface area contributed by atoms with Gasteiger partial charge in [0, 0.05) is 24.9 Å². The maximum atomic E-state index is 10.1. The molecule has 6 heteroatoms. The molecular weight excluding hydrogens is 256 g/mol. The summed E-state index contributed by atoms with van der Waals surface area (Å²) in [4.78, 5) is 6.88. The summed E-state index contributed by atoms with van der Waals surface area (Å²) in [7, 11) is 0. The number of hydrogen-bond donors (Lipinski definition) is 2. The van der Waals surface area contributed by atoms with Crippen molar-refractivity contribution in [2.24, 2.45) is 5.92 Å². The minimum absolute atomic E-state index is 0.176. The molecule has 112 valence electrons. The number of H-pyrrole nitrogens is 1. The monoisotopic (exact) mass is 280 g/mol. The van der Waals surface area contributed by atoms with Gasteiger partial charge in [-0.05, 0) is 12.8 Å². The highest BCUT2D eigenvalue weighted by Gasteiger charge is 2.37. The summed E-state index contributed by atoms with van der Waals surface area (Å²) < 4.78 is 5.64. The van der Waals surface area contributed by atoms with Crippen LogP contribution in [0.2, 0.25) is 0 Å². The van der Waals surface area contributed by atoms with Gasteiger partial charge in [0.1, 0.15) is 11.6 Å². The Morgan fingerprint density at radius 3 is 3.05 bits per heavy atom. The largest absolute Gasteiger partial charge is 0.393 e. The molecule has 0 spiro atoms. The van der Waals surface area contributed by atoms with Gasteiger partial charge < -0.3 is 9.84 Å². The first-order valence-corrected chi connectivity index (χ1v) is 7.68. The molecular formula is C14H24N4O2. The van der Waals surface area contributed by atoms with Crippen LogP contribution in [-0.4, -0.2) is 57.1 Å². The molecule has 3 rings (SSSR count). The van der Waals surface area contributed by atoms with Crippen molar-refractivity contribution >= 4 is 0 Å². The predicted octanol–water partition coefficient (Wildman–Crippen LogP) is 0.729. The Morgan fingerprint density at radius 1 is 1.45 bits per heavy atom. The number of aromatic nitrogens is 3. The van der Waals surface area contributed by atoms with E-state index in [1.54, 1.807) is 0 Å². The van der Waals surface area contributed by atoms with Gasteiger partial charge in [-0.2, -0.15) is 5.10 Å². The Morgan fingerprint density at radius 2 is 2.35 bits per heavy atom. The first kappa shape index (κ1) is 14.0. The average molecular weight is 280 g/mol. The average Bonchev–Trinajstić information content (AvgIpc) is 3.08. The van der Waals surface area contributed by atoms with Crippen LogP contribution in [0.5, 0.6) is 0 Å². The molecule has 2 aliphatic rings. The number of rotatable bonds is 4. The molecule has 1 aliphatic heterocycles. The third kappa shape index (κ3) is 2.87. The Balaban J connectivity index is 1.68. The molecule has 0 radical (unpaired) electrons. The van der Waals surface area contributed by atoms with E-state index in [1.165, 1.54) is 0 Å². The van der Waals surface area contributed by atoms with Gasteiger partial charge in [0.2, 0.25) is 0 Å². The van der Waals surface area contributed by atoms with E-state index in [0.29, 0.717) is 12.0 Å². The van der Waals surface area contributed by atoms with Crippen molar-refractivity contribution in [2.45, 2.75) is 51.3 Å². The second-order valence-corrected chi connectivity index (χ2v) is 5.83. The number of hydrogen-bond acceptors (Lipinski definition) is 5. The first-order valence-electron chi connectivity index (χ1n) is 7.68. The molecule has 2 N–H and O–H groups in total. The highest BCUT2D eigenvalue weighted by Crippen LogP contribution is 2.32. The van der Waals surface area contributed by atoms with Crippen LogP contribution in [0, 0.1) is 5.92 Å². The highest BCUT2D eigenvalue weighted by atomic mass is 16.5. The molecule has 1 aromatic rings. The Bertz CT molecular complexity index is 437. The topological polar surface area (TPSA) is 74.3 Å². The van der Waals surface area contributed by atoms with Crippen molar-refractivity contribution in [1.29, 1.82) is 0 Å². The van der Waals surface area contributed by atoms with Crippen LogP contribution >= 0.6 is 0 Å². The number of aryl methyl sites for hydroxylation is 1. The molecule has 2 fully saturated rings. The van der Waals surface area contributed by atoms with Gasteiger partial charge in [-0.1, -0.05) is 13.3 Å². The minimum Gasteiger partial charge on any atom is -0.393 e. The van der Waals surface area contributed by atoms with Crippen LogP contribution in [0.3, 0.4) is 0 Å². The number of aromatic amines is 1. The molecule has 1 aliphatic carbocycles. The molecule has 20 heavy (non-hydrogen) atoms. The lowest BCUT2D eigenvalue weighted by molar-refractivity contribution is -0.0545. The number of nitrogens with one attached hydrogen (secondary N) is 1. The minimum atomic E-state index is -0.176. The summed E-state index contributed by atoms with van der Waals surface area (Å²) in [5.41, 5.74) is 0. The van der Waals surface area contributed by atoms with E-state index in [1.807, 2.05) is 0 Å². The van der Waals surface area contributed by atoms with E-state index in [4.69, 9.17) is 4.74 Å². The lowest BCUT2D eigenvalue weighted by atomic mass is 9.94. The van der Waals surface area contributed by atoms with E-state index >= 15 is 0 Å². The van der Waals surface area contributed by atoms with Crippen LogP contribution in [0.25, 0.3) is 0 Å². The summed E-state index contributed by atoms with van der Waals surface area (Å²) in [6.45, 7) is 5.20. The molecule has 1 saturated heterocycles. The van der Waals surface area contributed by atoms with Gasteiger partial charge in [-0.15, -0.1) is 0 Å². The van der Waals surface area contributed by atoms with E-state index < -0.39 is 0 Å². The molecule has 2 heterocycles. The summed E-state index contributed by atoms with van der Waals surface area (Å²) >= 11 is 0. The van der Waals surface area contributed by atoms with Crippen molar-refractivity contribution in [3.63, 3.8) is 0 Å². The number of morpholine rings is 1. The van der Waals surface area contributed by atoms with Crippen molar-refractivity contribution in [2.75, 3.05) is 19.8 Å². The molecule has 0 aromatic carbocycles. The van der Waals surface area contributed by atoms with Crippen LogP contribution in [-0.2, 0) is 17.7 Å². The van der Waals surface area contributed by atoms with Crippen molar-refractivity contribution < 1.29 is 9.84 Å². The zero-order valence-corrected chi connectivity index (χ0v) is 12.1. The van der Waals surface area contributed by atoms with Crippen LogP contribution in [0.1, 0.15) is 37.8 Å². The van der Waals surface area contributed by atoms with Gasteiger partial charge in [-0.25, -0.2) is 4.98 Å². The van der Waals surface area contributed by atoms with Crippen molar-refractivity contribution in [3.05, 3.63) is 11.6 Å². The Kier molecular flexibility index (Phi) is 4.33. The van der Waals surface area contributed by atoms with Gasteiger partial charge in [0.25, 0.3) is 0 Å². The lowest BCUT2D eigenvalue weighted by Crippen LogP contribution is -2.50. The Labute approximate surface area is 119 Å². The zero-order valence-electron chi connectivity index (χ0n) is 12.1. The number of ether oxygens (including phenoxy) is 1. The fourth-order valence-electron chi connectivity index (χ4n) is 3.42. The van der Waals surface area contributed by atoms with Crippen LogP contribution in [0.4, 0.5) is 0 Å². The molecule has 0 amide bonds. The molecule has 6 nitrogen and oxygen atoms in total. The quantitative estimate of drug-likeness (QED) is 0.850. The standard InChI is InChI=1S/C14H24N4O2/c1-2-13-15-14(17-16-13)8-18-6-7-20-9-11(18)10-4-3-5-12(10)19/h10-12,19H,2-9H2,1H3,(H,15,16,17)/t10-,11+,12-/m0/s1. The smallest absolute Gasteiger partial charge is 0.150 e. The summed E-state index contributed by atoms with van der Waals surface area (Å²) in [5, 5.41) is 17.4. The van der Waals surface area contributed by atoms with Crippen LogP contribution < -0.4 is 0 Å². The second-order valence-electron chi connectivity index (χ2n) is 5.83. The van der Waals surface area contributed by atoms with E-state index in [2.05, 4.69) is 27.0 Å². The van der Waals surface area contributed by atoms with Gasteiger partial charge in [0.05, 0.1) is 25.9 Å². The SMILES string of the molecule is CCc1n[nH]c(CN2CCOC[C@@H]2[C@@H]2CCC[C@@H]2O)n1. The summed E-state index contributed by atoms with van der Waals surface area (Å²) in [5.74, 6) is 2.12. The fourth-order valence-corrected chi connectivity index (χ4v) is 3.42. The fraction of sp³-hybridized carbons (Fsp3) is 0.857. The van der Waals surface area contributed by atoms with Gasteiger partial charge >= 0.3 is 0 Å². The first-order chi connectivity index (χ1) is 9.78. The summed E-state index contributed by atoms with van der Waals surface area (Å²) in [6, 6.07) is 0.302. The molecule has 1 aromatic heterocycles. The molecule has 1 saturated carbocycles. The molecule has 0 bridgehead atoms. The maximum Gasteiger partial charge on any atom is 0.150 e. The normalized spacial score (nSPS) is 31.8. The zero-order chi connectivity index (χ0) is 13.9. The lowest BCUT2D eigenvalue weighted by Gasteiger charge is -2.39. The number of aliphatic hydroxyl groups excluding tert-OH is 1. The third-order valence-corrected chi connectivity index (χ3v) is 4.55. The van der Waals surface area contributed by atoms with Crippen LogP contribution in [0.15, 0.2) is 0 Å². The van der Waals surface area contributed by atoms with Gasteiger partial charge in [-0.3, -0.25) is 10.00 Å².